The van der Waals surface area contributed by atoms with Crippen molar-refractivity contribution in [2.45, 2.75) is 63.6 Å². The fourth-order valence-corrected chi connectivity index (χ4v) is 8.53. The number of hydrogen-bond donors (Lipinski definition) is 1. The number of aromatic hydroxyl groups is 1. The zero-order chi connectivity index (χ0) is 33.2. The third kappa shape index (κ3) is 5.24. The summed E-state index contributed by atoms with van der Waals surface area (Å²) in [7, 11) is 0. The minimum Gasteiger partial charge on any atom is -0.508 e. The molecule has 10 nitrogen and oxygen atoms in total. The Labute approximate surface area is 276 Å². The number of carbonyl (C=O) groups excluding carboxylic acids is 1. The van der Waals surface area contributed by atoms with Crippen LogP contribution in [0.1, 0.15) is 50.5 Å². The van der Waals surface area contributed by atoms with Gasteiger partial charge in [-0.25, -0.2) is 13.6 Å². The van der Waals surface area contributed by atoms with Crippen LogP contribution in [0.15, 0.2) is 39.5 Å². The Morgan fingerprint density at radius 1 is 1.08 bits per heavy atom. The molecule has 3 atom stereocenters. The summed E-state index contributed by atoms with van der Waals surface area (Å²) in [6.45, 7) is 5.59. The standard InChI is InChI=1S/C36H39F2N5O5/c1-21-30-29(34(46)48-31(21)26-16-25(44)15-22-7-4-9-27(38)28(22)26)32(42-13-5-8-23(18-42)33(45)41-11-2-3-12-41)40-35(39-30)47-20-36-10-6-14-43(36)19-24(37)17-36/h4,7,9,15-16,23-24,44H,2-3,5-6,8,10-14,17-20H2,1H3/t23?,24-,36+/m1/s1. The maximum absolute atomic E-state index is 15.3. The van der Waals surface area contributed by atoms with Crippen LogP contribution in [0.5, 0.6) is 11.8 Å². The summed E-state index contributed by atoms with van der Waals surface area (Å²) in [6.07, 6.45) is 4.70. The lowest BCUT2D eigenvalue weighted by molar-refractivity contribution is -0.134. The predicted octanol–water partition coefficient (Wildman–Crippen LogP) is 5.35. The molecule has 2 aromatic heterocycles. The Hall–Kier alpha value is -4.32. The van der Waals surface area contributed by atoms with Crippen molar-refractivity contribution in [2.24, 2.45) is 5.92 Å². The number of nitrogens with zero attached hydrogens (tertiary/aromatic N) is 5. The van der Waals surface area contributed by atoms with E-state index in [2.05, 4.69) is 4.90 Å². The van der Waals surface area contributed by atoms with Crippen molar-refractivity contribution in [3.8, 4) is 23.1 Å². The SMILES string of the molecule is Cc1c(-c2cc(O)cc3cccc(F)c23)oc(=O)c2c(N3CCCC(C(=O)N4CCCC4)C3)nc(OC[C@@]34CCCN3C[C@H](F)C4)nc12. The van der Waals surface area contributed by atoms with Gasteiger partial charge in [0.25, 0.3) is 0 Å². The van der Waals surface area contributed by atoms with E-state index in [1.54, 1.807) is 19.1 Å². The lowest BCUT2D eigenvalue weighted by Crippen LogP contribution is -2.45. The minimum atomic E-state index is -0.924. The smallest absolute Gasteiger partial charge is 0.349 e. The first-order valence-corrected chi connectivity index (χ1v) is 17.0. The van der Waals surface area contributed by atoms with Crippen molar-refractivity contribution < 1.29 is 27.8 Å². The molecule has 4 aliphatic rings. The Morgan fingerprint density at radius 2 is 1.92 bits per heavy atom. The van der Waals surface area contributed by atoms with Crippen molar-refractivity contribution in [1.29, 1.82) is 0 Å². The van der Waals surface area contributed by atoms with Crippen molar-refractivity contribution in [3.05, 3.63) is 52.1 Å². The fourth-order valence-electron chi connectivity index (χ4n) is 8.53. The van der Waals surface area contributed by atoms with Crippen molar-refractivity contribution in [3.63, 3.8) is 0 Å². The highest BCUT2D eigenvalue weighted by molar-refractivity contribution is 6.01. The van der Waals surface area contributed by atoms with Crippen LogP contribution in [0.25, 0.3) is 33.0 Å². The molecule has 0 aliphatic carbocycles. The molecule has 6 heterocycles. The van der Waals surface area contributed by atoms with Gasteiger partial charge in [-0.1, -0.05) is 12.1 Å². The number of aryl methyl sites for hydroxylation is 1. The molecule has 48 heavy (non-hydrogen) atoms. The van der Waals surface area contributed by atoms with Gasteiger partial charge >= 0.3 is 11.6 Å². The van der Waals surface area contributed by atoms with Crippen LogP contribution in [-0.4, -0.2) is 88.4 Å². The third-order valence-electron chi connectivity index (χ3n) is 10.8. The van der Waals surface area contributed by atoms with Crippen molar-refractivity contribution in [1.82, 2.24) is 19.8 Å². The highest BCUT2D eigenvalue weighted by Crippen LogP contribution is 2.42. The molecule has 0 radical (unpaired) electrons. The van der Waals surface area contributed by atoms with Gasteiger partial charge in [0.2, 0.25) is 5.91 Å². The van der Waals surface area contributed by atoms with Crippen LogP contribution in [0.2, 0.25) is 0 Å². The molecule has 252 valence electrons. The number of hydrogen-bond acceptors (Lipinski definition) is 9. The van der Waals surface area contributed by atoms with Crippen LogP contribution in [0.3, 0.4) is 0 Å². The molecule has 8 rings (SSSR count). The second-order valence-corrected chi connectivity index (χ2v) is 13.9. The number of amides is 1. The van der Waals surface area contributed by atoms with E-state index in [9.17, 15) is 19.1 Å². The normalized spacial score (nSPS) is 24.6. The molecule has 2 aromatic carbocycles. The first-order chi connectivity index (χ1) is 23.2. The first kappa shape index (κ1) is 31.0. The number of alkyl halides is 1. The number of phenolic OH excluding ortho intramolecular Hbond substituents is 1. The second kappa shape index (κ2) is 12.0. The lowest BCUT2D eigenvalue weighted by atomic mass is 9.95. The van der Waals surface area contributed by atoms with E-state index < -0.39 is 23.2 Å². The second-order valence-electron chi connectivity index (χ2n) is 13.9. The van der Waals surface area contributed by atoms with Crippen LogP contribution < -0.4 is 15.3 Å². The first-order valence-electron chi connectivity index (χ1n) is 17.0. The van der Waals surface area contributed by atoms with Gasteiger partial charge in [-0.2, -0.15) is 9.97 Å². The predicted molar refractivity (Wildman–Crippen MR) is 177 cm³/mol. The number of ether oxygens (including phenoxy) is 1. The number of halogens is 2. The van der Waals surface area contributed by atoms with E-state index in [0.29, 0.717) is 42.8 Å². The van der Waals surface area contributed by atoms with E-state index in [1.165, 1.54) is 18.2 Å². The number of benzene rings is 2. The minimum absolute atomic E-state index is 0.0422. The quantitative estimate of drug-likeness (QED) is 0.293. The summed E-state index contributed by atoms with van der Waals surface area (Å²) in [5.74, 6) is -0.361. The van der Waals surface area contributed by atoms with Gasteiger partial charge in [0.05, 0.1) is 17.0 Å². The molecule has 4 aliphatic heterocycles. The number of piperidine rings is 1. The zero-order valence-electron chi connectivity index (χ0n) is 27.0. The summed E-state index contributed by atoms with van der Waals surface area (Å²) in [6, 6.07) is 7.42. The Morgan fingerprint density at radius 3 is 2.75 bits per heavy atom. The average molecular weight is 660 g/mol. The monoisotopic (exact) mass is 659 g/mol. The van der Waals surface area contributed by atoms with Crippen LogP contribution in [0, 0.1) is 18.7 Å². The molecule has 1 amide bonds. The molecule has 4 fully saturated rings. The van der Waals surface area contributed by atoms with Crippen molar-refractivity contribution in [2.75, 3.05) is 50.8 Å². The third-order valence-corrected chi connectivity index (χ3v) is 10.8. The molecule has 1 N–H and O–H groups in total. The zero-order valence-corrected chi connectivity index (χ0v) is 27.0. The average Bonchev–Trinajstić information content (AvgIpc) is 3.81. The maximum Gasteiger partial charge on any atom is 0.349 e. The Bertz CT molecular complexity index is 1980. The molecule has 1 unspecified atom stereocenters. The Kier molecular flexibility index (Phi) is 7.73. The highest BCUT2D eigenvalue weighted by atomic mass is 19.1. The number of phenols is 1. The van der Waals surface area contributed by atoms with E-state index in [-0.39, 0.29) is 57.8 Å². The summed E-state index contributed by atoms with van der Waals surface area (Å²) in [5.41, 5.74) is -0.219. The Balaban J connectivity index is 1.25. The molecule has 4 saturated heterocycles. The van der Waals surface area contributed by atoms with Gasteiger partial charge in [0.1, 0.15) is 35.5 Å². The van der Waals surface area contributed by atoms with Crippen LogP contribution in [0.4, 0.5) is 14.6 Å². The van der Waals surface area contributed by atoms with Crippen LogP contribution in [-0.2, 0) is 4.79 Å². The number of likely N-dealkylation sites (tertiary alicyclic amines) is 1. The number of rotatable bonds is 6. The van der Waals surface area contributed by atoms with Gasteiger partial charge in [0, 0.05) is 55.7 Å². The maximum atomic E-state index is 15.3. The topological polar surface area (TPSA) is 112 Å². The molecule has 0 spiro atoms. The van der Waals surface area contributed by atoms with E-state index in [1.807, 2.05) is 9.80 Å². The van der Waals surface area contributed by atoms with E-state index in [0.717, 1.165) is 58.2 Å². The molecule has 4 aromatic rings. The van der Waals surface area contributed by atoms with E-state index >= 15 is 4.39 Å². The lowest BCUT2D eigenvalue weighted by Gasteiger charge is -2.35. The number of anilines is 1. The van der Waals surface area contributed by atoms with Crippen molar-refractivity contribution >= 4 is 33.4 Å². The summed E-state index contributed by atoms with van der Waals surface area (Å²) >= 11 is 0. The number of carbonyl (C=O) groups is 1. The molecule has 0 bridgehead atoms. The summed E-state index contributed by atoms with van der Waals surface area (Å²) < 4.78 is 42.1. The van der Waals surface area contributed by atoms with Crippen LogP contribution >= 0.6 is 0 Å². The summed E-state index contributed by atoms with van der Waals surface area (Å²) in [4.78, 5) is 43.0. The van der Waals surface area contributed by atoms with E-state index in [4.69, 9.17) is 19.1 Å². The molecule has 0 saturated carbocycles. The summed E-state index contributed by atoms with van der Waals surface area (Å²) in [5, 5.41) is 11.4. The molecular weight excluding hydrogens is 620 g/mol. The highest BCUT2D eigenvalue weighted by Gasteiger charge is 2.49. The van der Waals surface area contributed by atoms with Gasteiger partial charge in [-0.3, -0.25) is 9.69 Å². The van der Waals surface area contributed by atoms with Gasteiger partial charge in [-0.15, -0.1) is 0 Å². The number of fused-ring (bicyclic) bond motifs is 3. The fraction of sp³-hybridized carbons (Fsp3) is 0.500. The molecular formula is C36H39F2N5O5. The van der Waals surface area contributed by atoms with Gasteiger partial charge in [0.15, 0.2) is 5.82 Å². The van der Waals surface area contributed by atoms with Gasteiger partial charge < -0.3 is 24.1 Å². The number of aromatic nitrogens is 2. The largest absolute Gasteiger partial charge is 0.508 e. The molecule has 12 heteroatoms. The van der Waals surface area contributed by atoms with Gasteiger partial charge in [-0.05, 0) is 75.6 Å².